The first-order chi connectivity index (χ1) is 14.8. The Kier molecular flexibility index (Phi) is 5.32. The van der Waals surface area contributed by atoms with Crippen LogP contribution in [0.15, 0.2) is 63.2 Å². The molecule has 0 aliphatic carbocycles. The molecule has 2 aromatic carbocycles. The topological polar surface area (TPSA) is 125 Å². The number of H-pyrrole nitrogens is 1. The zero-order valence-electron chi connectivity index (χ0n) is 17.0. The third-order valence-electron chi connectivity index (χ3n) is 5.04. The summed E-state index contributed by atoms with van der Waals surface area (Å²) in [5.74, 6) is 0.199. The number of aliphatic imine (C=N–C) groups is 1. The van der Waals surface area contributed by atoms with Gasteiger partial charge in [0.05, 0.1) is 22.3 Å². The van der Waals surface area contributed by atoms with Gasteiger partial charge in [0.2, 0.25) is 5.91 Å². The number of para-hydroxylation sites is 1. The lowest BCUT2D eigenvalue weighted by atomic mass is 10.2. The fraction of sp³-hybridized carbons (Fsp3) is 0.238. The number of amides is 1. The predicted molar refractivity (Wildman–Crippen MR) is 116 cm³/mol. The molecule has 0 unspecified atom stereocenters. The first kappa shape index (κ1) is 20.7. The van der Waals surface area contributed by atoms with Crippen LogP contribution in [0.1, 0.15) is 25.2 Å². The summed E-state index contributed by atoms with van der Waals surface area (Å²) < 4.78 is 26.9. The molecule has 10 heteroatoms. The summed E-state index contributed by atoms with van der Waals surface area (Å²) in [7, 11) is -3.68. The number of hydrogen-bond donors (Lipinski definition) is 2. The normalized spacial score (nSPS) is 16.6. The lowest BCUT2D eigenvalue weighted by Crippen LogP contribution is -2.38. The zero-order valence-corrected chi connectivity index (χ0v) is 17.8. The number of aromatic nitrogens is 2. The van der Waals surface area contributed by atoms with Crippen LogP contribution in [0, 0.1) is 0 Å². The van der Waals surface area contributed by atoms with Crippen molar-refractivity contribution in [2.75, 3.05) is 6.54 Å². The summed E-state index contributed by atoms with van der Waals surface area (Å²) in [5.41, 5.74) is 0.718. The van der Waals surface area contributed by atoms with Gasteiger partial charge in [-0.15, -0.1) is 0 Å². The molecule has 1 atom stereocenters. The zero-order chi connectivity index (χ0) is 22.2. The van der Waals surface area contributed by atoms with Crippen LogP contribution in [0.2, 0.25) is 0 Å². The third-order valence-corrected chi connectivity index (χ3v) is 6.44. The number of benzene rings is 2. The molecule has 2 heterocycles. The molecule has 0 radical (unpaired) electrons. The molecule has 1 aliphatic heterocycles. The number of likely N-dealkylation sites (N-methyl/N-ethyl adjacent to an activating group) is 1. The van der Waals surface area contributed by atoms with E-state index in [2.05, 4.69) is 19.7 Å². The van der Waals surface area contributed by atoms with Crippen LogP contribution in [-0.4, -0.2) is 47.6 Å². The minimum atomic E-state index is -3.68. The summed E-state index contributed by atoms with van der Waals surface area (Å²) in [4.78, 5) is 38.4. The molecule has 1 amide bonds. The van der Waals surface area contributed by atoms with Gasteiger partial charge < -0.3 is 9.88 Å². The highest BCUT2D eigenvalue weighted by atomic mass is 32.2. The molecule has 3 aromatic rings. The van der Waals surface area contributed by atoms with Gasteiger partial charge in [0.1, 0.15) is 17.7 Å². The Bertz CT molecular complexity index is 1360. The maximum atomic E-state index is 13.0. The van der Waals surface area contributed by atoms with Crippen molar-refractivity contribution in [3.8, 4) is 0 Å². The Balaban J connectivity index is 1.58. The third kappa shape index (κ3) is 3.93. The standard InChI is InChI=1S/C21H21N5O4S/c1-3-26(12-18-23-16-10-6-4-8-14(16)20(27)24-18)21(28)13(2)22-19-15-9-5-7-11-17(15)31(29,30)25-19/h4-11,13H,3,12H2,1-2H3,(H,22,25)(H,23,24,27)/t13-/m0/s1. The minimum Gasteiger partial charge on any atom is -0.334 e. The van der Waals surface area contributed by atoms with Crippen molar-refractivity contribution in [1.82, 2.24) is 19.6 Å². The van der Waals surface area contributed by atoms with E-state index in [-0.39, 0.29) is 28.7 Å². The number of amidine groups is 1. The molecule has 4 rings (SSSR count). The highest BCUT2D eigenvalue weighted by Gasteiger charge is 2.31. The second-order valence-corrected chi connectivity index (χ2v) is 8.79. The number of carbonyl (C=O) groups excluding carboxylic acids is 1. The van der Waals surface area contributed by atoms with Gasteiger partial charge in [-0.05, 0) is 38.1 Å². The summed E-state index contributed by atoms with van der Waals surface area (Å²) >= 11 is 0. The van der Waals surface area contributed by atoms with Crippen LogP contribution in [0.25, 0.3) is 10.9 Å². The summed E-state index contributed by atoms with van der Waals surface area (Å²) in [5, 5.41) is 0.479. The highest BCUT2D eigenvalue weighted by Crippen LogP contribution is 2.22. The van der Waals surface area contributed by atoms with E-state index in [1.54, 1.807) is 49.4 Å². The van der Waals surface area contributed by atoms with Crippen LogP contribution in [0.3, 0.4) is 0 Å². The van der Waals surface area contributed by atoms with Gasteiger partial charge >= 0.3 is 0 Å². The largest absolute Gasteiger partial charge is 0.334 e. The molecule has 0 bridgehead atoms. The number of sulfonamides is 1. The van der Waals surface area contributed by atoms with Crippen LogP contribution in [0.5, 0.6) is 0 Å². The van der Waals surface area contributed by atoms with E-state index in [0.717, 1.165) is 0 Å². The predicted octanol–water partition coefficient (Wildman–Crippen LogP) is 1.40. The van der Waals surface area contributed by atoms with Crippen molar-refractivity contribution >= 4 is 32.7 Å². The fourth-order valence-electron chi connectivity index (χ4n) is 3.48. The molecule has 31 heavy (non-hydrogen) atoms. The molecule has 9 nitrogen and oxygen atoms in total. The van der Waals surface area contributed by atoms with E-state index >= 15 is 0 Å². The SMILES string of the molecule is CCN(Cc1nc2ccccc2c(=O)[nH]1)C(=O)[C@H](C)N=C1NS(=O)(=O)c2ccccc21. The van der Waals surface area contributed by atoms with Crippen molar-refractivity contribution in [2.24, 2.45) is 4.99 Å². The molecule has 0 saturated carbocycles. The van der Waals surface area contributed by atoms with E-state index in [9.17, 15) is 18.0 Å². The van der Waals surface area contributed by atoms with E-state index in [4.69, 9.17) is 0 Å². The van der Waals surface area contributed by atoms with Gasteiger partial charge in [0.15, 0.2) is 0 Å². The first-order valence-corrected chi connectivity index (χ1v) is 11.2. The fourth-order valence-corrected chi connectivity index (χ4v) is 4.72. The van der Waals surface area contributed by atoms with Gasteiger partial charge in [-0.25, -0.2) is 13.4 Å². The molecule has 0 saturated heterocycles. The molecule has 160 valence electrons. The Morgan fingerprint density at radius 3 is 2.65 bits per heavy atom. The maximum Gasteiger partial charge on any atom is 0.263 e. The molecular weight excluding hydrogens is 418 g/mol. The Labute approximate surface area is 178 Å². The second-order valence-electron chi connectivity index (χ2n) is 7.14. The highest BCUT2D eigenvalue weighted by molar-refractivity contribution is 7.90. The Hall–Kier alpha value is -3.53. The molecular formula is C21H21N5O4S. The minimum absolute atomic E-state index is 0.104. The number of nitrogens with one attached hydrogen (secondary N) is 2. The molecule has 2 N–H and O–H groups in total. The van der Waals surface area contributed by atoms with Crippen LogP contribution in [-0.2, 0) is 21.4 Å². The second kappa shape index (κ2) is 7.95. The van der Waals surface area contributed by atoms with E-state index in [1.165, 1.54) is 11.0 Å². The van der Waals surface area contributed by atoms with Crippen LogP contribution in [0.4, 0.5) is 0 Å². The number of aromatic amines is 1. The quantitative estimate of drug-likeness (QED) is 0.622. The van der Waals surface area contributed by atoms with Crippen LogP contribution >= 0.6 is 0 Å². The van der Waals surface area contributed by atoms with Gasteiger partial charge in [0, 0.05) is 12.1 Å². The van der Waals surface area contributed by atoms with Crippen molar-refractivity contribution in [3.05, 3.63) is 70.3 Å². The van der Waals surface area contributed by atoms with Crippen molar-refractivity contribution in [3.63, 3.8) is 0 Å². The Morgan fingerprint density at radius 2 is 1.87 bits per heavy atom. The van der Waals surface area contributed by atoms with Gasteiger partial charge in [-0.2, -0.15) is 0 Å². The molecule has 0 fully saturated rings. The monoisotopic (exact) mass is 439 g/mol. The van der Waals surface area contributed by atoms with Gasteiger partial charge in [-0.1, -0.05) is 24.3 Å². The lowest BCUT2D eigenvalue weighted by molar-refractivity contribution is -0.132. The molecule has 1 aromatic heterocycles. The van der Waals surface area contributed by atoms with Gasteiger partial charge in [-0.3, -0.25) is 19.3 Å². The van der Waals surface area contributed by atoms with E-state index < -0.39 is 16.1 Å². The summed E-state index contributed by atoms with van der Waals surface area (Å²) in [6.45, 7) is 3.88. The summed E-state index contributed by atoms with van der Waals surface area (Å²) in [6, 6.07) is 12.6. The number of nitrogens with zero attached hydrogens (tertiary/aromatic N) is 3. The first-order valence-electron chi connectivity index (χ1n) is 9.77. The van der Waals surface area contributed by atoms with Crippen LogP contribution < -0.4 is 10.3 Å². The lowest BCUT2D eigenvalue weighted by Gasteiger charge is -2.22. The van der Waals surface area contributed by atoms with Crippen molar-refractivity contribution in [1.29, 1.82) is 0 Å². The average Bonchev–Trinajstić information content (AvgIpc) is 3.01. The number of rotatable bonds is 5. The average molecular weight is 439 g/mol. The number of fused-ring (bicyclic) bond motifs is 2. The van der Waals surface area contributed by atoms with Crippen molar-refractivity contribution in [2.45, 2.75) is 31.3 Å². The van der Waals surface area contributed by atoms with E-state index in [0.29, 0.717) is 28.8 Å². The van der Waals surface area contributed by atoms with Gasteiger partial charge in [0.25, 0.3) is 15.6 Å². The maximum absolute atomic E-state index is 13.0. The Morgan fingerprint density at radius 1 is 1.16 bits per heavy atom. The molecule has 1 aliphatic rings. The number of hydrogen-bond acceptors (Lipinski definition) is 6. The van der Waals surface area contributed by atoms with Crippen molar-refractivity contribution < 1.29 is 13.2 Å². The smallest absolute Gasteiger partial charge is 0.263 e. The van der Waals surface area contributed by atoms with E-state index in [1.807, 2.05) is 6.92 Å². The number of carbonyl (C=O) groups is 1. The molecule has 0 spiro atoms. The summed E-state index contributed by atoms with van der Waals surface area (Å²) in [6.07, 6.45) is 0.